The minimum absolute atomic E-state index is 0.247. The Morgan fingerprint density at radius 1 is 1.18 bits per heavy atom. The third-order valence-corrected chi connectivity index (χ3v) is 2.99. The first-order valence-electron chi connectivity index (χ1n) is 4.57. The number of hydrogen-bond donors (Lipinski definition) is 0. The quantitative estimate of drug-likeness (QED) is 0.523. The summed E-state index contributed by atoms with van der Waals surface area (Å²) >= 11 is 0. The summed E-state index contributed by atoms with van der Waals surface area (Å²) < 4.78 is 0. The van der Waals surface area contributed by atoms with Crippen molar-refractivity contribution in [1.82, 2.24) is 4.90 Å². The molecule has 2 atom stereocenters. The van der Waals surface area contributed by atoms with Gasteiger partial charge in [0.05, 0.1) is 12.1 Å². The van der Waals surface area contributed by atoms with Crippen LogP contribution in [0.15, 0.2) is 0 Å². The van der Waals surface area contributed by atoms with Gasteiger partial charge in [-0.3, -0.25) is 4.90 Å². The number of rotatable bonds is 0. The SMILES string of the molecule is N#C[C@H]1CCC[C@H]2CCCN21. The highest BCUT2D eigenvalue weighted by molar-refractivity contribution is 4.99. The van der Waals surface area contributed by atoms with Crippen molar-refractivity contribution in [2.24, 2.45) is 0 Å². The van der Waals surface area contributed by atoms with E-state index in [2.05, 4.69) is 11.0 Å². The molecule has 0 aromatic carbocycles. The van der Waals surface area contributed by atoms with E-state index in [4.69, 9.17) is 5.26 Å². The number of hydrogen-bond acceptors (Lipinski definition) is 2. The first kappa shape index (κ1) is 7.12. The van der Waals surface area contributed by atoms with Gasteiger partial charge in [0.25, 0.3) is 0 Å². The van der Waals surface area contributed by atoms with Gasteiger partial charge in [-0.05, 0) is 38.6 Å². The van der Waals surface area contributed by atoms with Gasteiger partial charge >= 0.3 is 0 Å². The zero-order valence-corrected chi connectivity index (χ0v) is 6.79. The molecule has 0 spiro atoms. The van der Waals surface area contributed by atoms with Crippen molar-refractivity contribution in [2.45, 2.75) is 44.2 Å². The molecule has 0 aliphatic carbocycles. The van der Waals surface area contributed by atoms with Gasteiger partial charge in [0.2, 0.25) is 0 Å². The fraction of sp³-hybridized carbons (Fsp3) is 0.889. The highest BCUT2D eigenvalue weighted by Crippen LogP contribution is 2.30. The molecule has 0 aromatic rings. The van der Waals surface area contributed by atoms with Crippen molar-refractivity contribution >= 4 is 0 Å². The Hall–Kier alpha value is -0.550. The Kier molecular flexibility index (Phi) is 1.83. The molecule has 0 aromatic heterocycles. The average molecular weight is 150 g/mol. The molecule has 2 heteroatoms. The van der Waals surface area contributed by atoms with E-state index in [1.807, 2.05) is 0 Å². The zero-order chi connectivity index (χ0) is 7.68. The second-order valence-corrected chi connectivity index (χ2v) is 3.61. The van der Waals surface area contributed by atoms with Gasteiger partial charge in [-0.2, -0.15) is 5.26 Å². The smallest absolute Gasteiger partial charge is 0.0980 e. The summed E-state index contributed by atoms with van der Waals surface area (Å²) in [4.78, 5) is 2.41. The molecular weight excluding hydrogens is 136 g/mol. The minimum atomic E-state index is 0.247. The lowest BCUT2D eigenvalue weighted by Gasteiger charge is -2.33. The molecule has 2 saturated heterocycles. The van der Waals surface area contributed by atoms with E-state index in [1.54, 1.807) is 0 Å². The Morgan fingerprint density at radius 3 is 2.82 bits per heavy atom. The summed E-state index contributed by atoms with van der Waals surface area (Å²) in [5, 5.41) is 8.85. The summed E-state index contributed by atoms with van der Waals surface area (Å²) in [6.07, 6.45) is 6.34. The highest BCUT2D eigenvalue weighted by Gasteiger charge is 2.33. The molecule has 2 heterocycles. The van der Waals surface area contributed by atoms with Crippen LogP contribution >= 0.6 is 0 Å². The van der Waals surface area contributed by atoms with Crippen molar-refractivity contribution < 1.29 is 0 Å². The predicted molar refractivity (Wildman–Crippen MR) is 43.0 cm³/mol. The number of piperidine rings is 1. The Bertz CT molecular complexity index is 182. The first-order chi connectivity index (χ1) is 5.42. The molecule has 0 radical (unpaired) electrons. The van der Waals surface area contributed by atoms with Crippen LogP contribution < -0.4 is 0 Å². The van der Waals surface area contributed by atoms with Crippen molar-refractivity contribution in [3.63, 3.8) is 0 Å². The van der Waals surface area contributed by atoms with Crippen LogP contribution in [0.2, 0.25) is 0 Å². The summed E-state index contributed by atoms with van der Waals surface area (Å²) in [5.41, 5.74) is 0. The lowest BCUT2D eigenvalue weighted by atomic mass is 9.97. The van der Waals surface area contributed by atoms with Crippen LogP contribution in [-0.2, 0) is 0 Å². The van der Waals surface area contributed by atoms with E-state index >= 15 is 0 Å². The van der Waals surface area contributed by atoms with Crippen LogP contribution in [0.3, 0.4) is 0 Å². The number of nitrogens with zero attached hydrogens (tertiary/aromatic N) is 2. The van der Waals surface area contributed by atoms with Crippen LogP contribution in [0.4, 0.5) is 0 Å². The monoisotopic (exact) mass is 150 g/mol. The Labute approximate surface area is 67.8 Å². The van der Waals surface area contributed by atoms with Gasteiger partial charge < -0.3 is 0 Å². The number of fused-ring (bicyclic) bond motifs is 1. The van der Waals surface area contributed by atoms with E-state index in [9.17, 15) is 0 Å². The summed E-state index contributed by atoms with van der Waals surface area (Å²) in [5.74, 6) is 0. The van der Waals surface area contributed by atoms with Crippen LogP contribution in [0.25, 0.3) is 0 Å². The van der Waals surface area contributed by atoms with Crippen LogP contribution in [0, 0.1) is 11.3 Å². The second kappa shape index (κ2) is 2.83. The Balaban J connectivity index is 2.08. The van der Waals surface area contributed by atoms with Crippen molar-refractivity contribution in [3.05, 3.63) is 0 Å². The molecule has 11 heavy (non-hydrogen) atoms. The third-order valence-electron chi connectivity index (χ3n) is 2.99. The lowest BCUT2D eigenvalue weighted by molar-refractivity contribution is 0.157. The summed E-state index contributed by atoms with van der Waals surface area (Å²) in [6.45, 7) is 1.17. The first-order valence-corrected chi connectivity index (χ1v) is 4.57. The summed E-state index contributed by atoms with van der Waals surface area (Å²) in [7, 11) is 0. The molecule has 0 saturated carbocycles. The third kappa shape index (κ3) is 1.14. The summed E-state index contributed by atoms with van der Waals surface area (Å²) in [6, 6.07) is 3.41. The molecule has 0 amide bonds. The van der Waals surface area contributed by atoms with Gasteiger partial charge in [0.1, 0.15) is 0 Å². The van der Waals surface area contributed by atoms with E-state index < -0.39 is 0 Å². The fourth-order valence-electron chi connectivity index (χ4n) is 2.43. The van der Waals surface area contributed by atoms with E-state index in [0.29, 0.717) is 0 Å². The molecule has 60 valence electrons. The molecule has 0 N–H and O–H groups in total. The van der Waals surface area contributed by atoms with Crippen LogP contribution in [0.5, 0.6) is 0 Å². The molecular formula is C9H14N2. The van der Waals surface area contributed by atoms with Crippen molar-refractivity contribution in [2.75, 3.05) is 6.54 Å². The topological polar surface area (TPSA) is 27.0 Å². The molecule has 2 aliphatic rings. The van der Waals surface area contributed by atoms with Crippen molar-refractivity contribution in [3.8, 4) is 6.07 Å². The zero-order valence-electron chi connectivity index (χ0n) is 6.79. The van der Waals surface area contributed by atoms with Crippen LogP contribution in [0.1, 0.15) is 32.1 Å². The molecule has 0 bridgehead atoms. The van der Waals surface area contributed by atoms with E-state index in [-0.39, 0.29) is 6.04 Å². The van der Waals surface area contributed by atoms with E-state index in [1.165, 1.54) is 32.2 Å². The Morgan fingerprint density at radius 2 is 2.00 bits per heavy atom. The minimum Gasteiger partial charge on any atom is -0.285 e. The average Bonchev–Trinajstić information content (AvgIpc) is 2.50. The lowest BCUT2D eigenvalue weighted by Crippen LogP contribution is -2.41. The van der Waals surface area contributed by atoms with Crippen LogP contribution in [-0.4, -0.2) is 23.5 Å². The maximum atomic E-state index is 8.85. The molecule has 2 rings (SSSR count). The van der Waals surface area contributed by atoms with Gasteiger partial charge in [0.15, 0.2) is 0 Å². The molecule has 2 fully saturated rings. The second-order valence-electron chi connectivity index (χ2n) is 3.61. The molecule has 0 unspecified atom stereocenters. The van der Waals surface area contributed by atoms with E-state index in [0.717, 1.165) is 12.5 Å². The van der Waals surface area contributed by atoms with Crippen molar-refractivity contribution in [1.29, 1.82) is 5.26 Å². The molecule has 2 nitrogen and oxygen atoms in total. The fourth-order valence-corrected chi connectivity index (χ4v) is 2.43. The predicted octanol–water partition coefficient (Wildman–Crippen LogP) is 1.53. The normalized spacial score (nSPS) is 38.1. The standard InChI is InChI=1S/C9H14N2/c10-7-9-4-1-3-8-5-2-6-11(8)9/h8-9H,1-6H2/t8-,9+/m0/s1. The van der Waals surface area contributed by atoms with Gasteiger partial charge in [0, 0.05) is 6.04 Å². The maximum absolute atomic E-state index is 8.85. The van der Waals surface area contributed by atoms with Gasteiger partial charge in [-0.25, -0.2) is 0 Å². The largest absolute Gasteiger partial charge is 0.285 e. The highest BCUT2D eigenvalue weighted by atomic mass is 15.2. The number of nitriles is 1. The maximum Gasteiger partial charge on any atom is 0.0980 e. The molecule has 2 aliphatic heterocycles. The van der Waals surface area contributed by atoms with Gasteiger partial charge in [-0.15, -0.1) is 0 Å². The van der Waals surface area contributed by atoms with Gasteiger partial charge in [-0.1, -0.05) is 0 Å².